The first-order valence-corrected chi connectivity index (χ1v) is 9.26. The summed E-state index contributed by atoms with van der Waals surface area (Å²) < 4.78 is 37.6. The Morgan fingerprint density at radius 2 is 2.15 bits per heavy atom. The first-order chi connectivity index (χ1) is 12.5. The number of ether oxygens (including phenoxy) is 2. The Hall–Kier alpha value is -1.60. The third-order valence-electron chi connectivity index (χ3n) is 5.85. The van der Waals surface area contributed by atoms with E-state index in [2.05, 4.69) is 4.98 Å². The van der Waals surface area contributed by atoms with Gasteiger partial charge < -0.3 is 14.4 Å². The Morgan fingerprint density at radius 1 is 1.35 bits per heavy atom. The number of carbonyl (C=O) groups excluding carboxylic acids is 1. The molecule has 1 atom stereocenters. The summed E-state index contributed by atoms with van der Waals surface area (Å²) in [6.45, 7) is 2.85. The molecule has 1 aromatic heterocycles. The summed E-state index contributed by atoms with van der Waals surface area (Å²) >= 11 is 0. The van der Waals surface area contributed by atoms with Gasteiger partial charge in [-0.15, -0.1) is 0 Å². The van der Waals surface area contributed by atoms with Crippen LogP contribution in [0, 0.1) is 11.8 Å². The van der Waals surface area contributed by atoms with Crippen molar-refractivity contribution < 1.29 is 23.0 Å². The summed E-state index contributed by atoms with van der Waals surface area (Å²) in [5, 5.41) is 0. The molecule has 0 radical (unpaired) electrons. The van der Waals surface area contributed by atoms with Crippen molar-refractivity contribution in [1.82, 2.24) is 9.88 Å². The lowest BCUT2D eigenvalue weighted by Gasteiger charge is -2.52. The van der Waals surface area contributed by atoms with Gasteiger partial charge in [0, 0.05) is 38.2 Å². The molecular weight excluding hydrogens is 342 g/mol. The summed E-state index contributed by atoms with van der Waals surface area (Å²) in [5.74, 6) is -2.95. The number of alkyl halides is 2. The Morgan fingerprint density at radius 3 is 2.85 bits per heavy atom. The van der Waals surface area contributed by atoms with E-state index in [1.165, 1.54) is 0 Å². The van der Waals surface area contributed by atoms with Gasteiger partial charge >= 0.3 is 0 Å². The van der Waals surface area contributed by atoms with Crippen LogP contribution in [0.15, 0.2) is 24.4 Å². The van der Waals surface area contributed by atoms with Crippen LogP contribution in [0.2, 0.25) is 0 Å². The van der Waals surface area contributed by atoms with Gasteiger partial charge in [0.25, 0.3) is 0 Å². The van der Waals surface area contributed by atoms with Gasteiger partial charge in [0.05, 0.1) is 25.4 Å². The Labute approximate surface area is 151 Å². The van der Waals surface area contributed by atoms with Crippen molar-refractivity contribution in [3.63, 3.8) is 0 Å². The topological polar surface area (TPSA) is 51.7 Å². The van der Waals surface area contributed by atoms with E-state index >= 15 is 0 Å². The minimum absolute atomic E-state index is 0.137. The number of halogens is 2. The molecule has 3 fully saturated rings. The van der Waals surface area contributed by atoms with Crippen LogP contribution in [0.4, 0.5) is 8.78 Å². The molecule has 0 N–H and O–H groups in total. The van der Waals surface area contributed by atoms with Gasteiger partial charge in [0.1, 0.15) is 5.60 Å². The zero-order valence-electron chi connectivity index (χ0n) is 14.7. The number of carbonyl (C=O) groups is 1. The molecule has 1 amide bonds. The summed E-state index contributed by atoms with van der Waals surface area (Å²) in [4.78, 5) is 18.2. The molecule has 2 saturated heterocycles. The molecule has 1 aromatic rings. The highest BCUT2D eigenvalue weighted by Gasteiger charge is 2.57. The van der Waals surface area contributed by atoms with Crippen LogP contribution in [0.25, 0.3) is 0 Å². The maximum Gasteiger partial charge on any atom is 0.249 e. The normalized spacial score (nSPS) is 26.5. The molecule has 4 rings (SSSR count). The predicted molar refractivity (Wildman–Crippen MR) is 89.6 cm³/mol. The van der Waals surface area contributed by atoms with E-state index in [4.69, 9.17) is 9.47 Å². The van der Waals surface area contributed by atoms with E-state index in [0.29, 0.717) is 38.8 Å². The summed E-state index contributed by atoms with van der Waals surface area (Å²) in [7, 11) is 0. The molecule has 7 heteroatoms. The van der Waals surface area contributed by atoms with Crippen molar-refractivity contribution in [2.45, 2.75) is 43.8 Å². The van der Waals surface area contributed by atoms with Gasteiger partial charge in [-0.25, -0.2) is 8.78 Å². The number of rotatable bonds is 6. The highest BCUT2D eigenvalue weighted by Crippen LogP contribution is 2.47. The van der Waals surface area contributed by atoms with Gasteiger partial charge in [-0.1, -0.05) is 6.07 Å². The maximum absolute atomic E-state index is 13.0. The molecule has 1 spiro atoms. The highest BCUT2D eigenvalue weighted by molar-refractivity contribution is 5.81. The van der Waals surface area contributed by atoms with Crippen molar-refractivity contribution in [3.05, 3.63) is 30.1 Å². The second-order valence-corrected chi connectivity index (χ2v) is 7.72. The maximum atomic E-state index is 13.0. The van der Waals surface area contributed by atoms with Gasteiger partial charge in [-0.2, -0.15) is 0 Å². The van der Waals surface area contributed by atoms with Crippen molar-refractivity contribution in [2.24, 2.45) is 11.8 Å². The lowest BCUT2D eigenvalue weighted by atomic mass is 9.75. The van der Waals surface area contributed by atoms with Gasteiger partial charge in [-0.3, -0.25) is 9.78 Å². The molecule has 3 heterocycles. The van der Waals surface area contributed by atoms with Crippen LogP contribution >= 0.6 is 0 Å². The van der Waals surface area contributed by atoms with E-state index in [-0.39, 0.29) is 24.3 Å². The summed E-state index contributed by atoms with van der Waals surface area (Å²) in [6.07, 6.45) is 2.96. The minimum atomic E-state index is -2.65. The zero-order valence-corrected chi connectivity index (χ0v) is 14.7. The Balaban J connectivity index is 1.21. The van der Waals surface area contributed by atoms with Gasteiger partial charge in [0.2, 0.25) is 11.8 Å². The van der Waals surface area contributed by atoms with Gasteiger partial charge in [0.15, 0.2) is 0 Å². The van der Waals surface area contributed by atoms with Crippen LogP contribution in [0.3, 0.4) is 0 Å². The van der Waals surface area contributed by atoms with E-state index in [0.717, 1.165) is 18.5 Å². The zero-order chi connectivity index (χ0) is 18.2. The first-order valence-electron chi connectivity index (χ1n) is 9.26. The Kier molecular flexibility index (Phi) is 4.69. The SMILES string of the molecule is O=C(C1CC(F)(F)C1)N1CC2(C1)OCC[C@H]2CCOCc1ccccn1. The smallest absolute Gasteiger partial charge is 0.249 e. The van der Waals surface area contributed by atoms with E-state index in [1.54, 1.807) is 11.1 Å². The number of amides is 1. The molecule has 1 aliphatic carbocycles. The second-order valence-electron chi connectivity index (χ2n) is 7.72. The molecule has 3 aliphatic rings. The van der Waals surface area contributed by atoms with E-state index in [9.17, 15) is 13.6 Å². The van der Waals surface area contributed by atoms with Crippen LogP contribution in [-0.4, -0.2) is 53.6 Å². The second kappa shape index (κ2) is 6.85. The van der Waals surface area contributed by atoms with Crippen LogP contribution < -0.4 is 0 Å². The number of likely N-dealkylation sites (tertiary alicyclic amines) is 1. The van der Waals surface area contributed by atoms with Crippen molar-refractivity contribution in [1.29, 1.82) is 0 Å². The van der Waals surface area contributed by atoms with Gasteiger partial charge in [-0.05, 0) is 30.9 Å². The average molecular weight is 366 g/mol. The third-order valence-corrected chi connectivity index (χ3v) is 5.85. The lowest BCUT2D eigenvalue weighted by Crippen LogP contribution is -2.67. The number of aromatic nitrogens is 1. The fraction of sp³-hybridized carbons (Fsp3) is 0.684. The molecule has 0 unspecified atom stereocenters. The van der Waals surface area contributed by atoms with E-state index < -0.39 is 11.8 Å². The average Bonchev–Trinajstić information content (AvgIpc) is 2.99. The molecule has 1 saturated carbocycles. The summed E-state index contributed by atoms with van der Waals surface area (Å²) in [6, 6.07) is 5.74. The lowest BCUT2D eigenvalue weighted by molar-refractivity contribution is -0.185. The van der Waals surface area contributed by atoms with Crippen molar-refractivity contribution in [3.8, 4) is 0 Å². The predicted octanol–water partition coefficient (Wildman–Crippen LogP) is 2.65. The molecular formula is C19H24F2N2O3. The largest absolute Gasteiger partial charge is 0.375 e. The molecule has 26 heavy (non-hydrogen) atoms. The number of hydrogen-bond acceptors (Lipinski definition) is 4. The van der Waals surface area contributed by atoms with Crippen LogP contribution in [0.1, 0.15) is 31.4 Å². The minimum Gasteiger partial charge on any atom is -0.375 e. The van der Waals surface area contributed by atoms with Crippen molar-refractivity contribution in [2.75, 3.05) is 26.3 Å². The van der Waals surface area contributed by atoms with Crippen LogP contribution in [0.5, 0.6) is 0 Å². The number of pyridine rings is 1. The molecule has 0 aromatic carbocycles. The fourth-order valence-electron chi connectivity index (χ4n) is 4.28. The third kappa shape index (κ3) is 3.47. The molecule has 5 nitrogen and oxygen atoms in total. The quantitative estimate of drug-likeness (QED) is 0.727. The fourth-order valence-corrected chi connectivity index (χ4v) is 4.28. The number of hydrogen-bond donors (Lipinski definition) is 0. The number of nitrogens with zero attached hydrogens (tertiary/aromatic N) is 2. The van der Waals surface area contributed by atoms with Crippen molar-refractivity contribution >= 4 is 5.91 Å². The van der Waals surface area contributed by atoms with Crippen LogP contribution in [-0.2, 0) is 20.9 Å². The molecule has 2 aliphatic heterocycles. The standard InChI is InChI=1S/C19H24F2N2O3/c20-19(21)9-14(10-19)17(24)23-12-18(13-23)15(5-8-26-18)4-7-25-11-16-3-1-2-6-22-16/h1-3,6,14-15H,4-5,7-13H2/t15-/m1/s1. The molecule has 142 valence electrons. The first kappa shape index (κ1) is 17.8. The molecule has 0 bridgehead atoms. The highest BCUT2D eigenvalue weighted by atomic mass is 19.3. The summed E-state index contributed by atoms with van der Waals surface area (Å²) in [5.41, 5.74) is 0.610. The van der Waals surface area contributed by atoms with E-state index in [1.807, 2.05) is 18.2 Å². The Bertz CT molecular complexity index is 641. The monoisotopic (exact) mass is 366 g/mol.